The molecule has 0 saturated heterocycles. The lowest BCUT2D eigenvalue weighted by Crippen LogP contribution is -2.08. The predicted octanol–water partition coefficient (Wildman–Crippen LogP) is 0.438. The average Bonchev–Trinajstić information content (AvgIpc) is 2.33. The van der Waals surface area contributed by atoms with E-state index in [1.807, 2.05) is 6.08 Å². The highest BCUT2D eigenvalue weighted by Crippen LogP contribution is 2.05. The molecule has 0 amide bonds. The lowest BCUT2D eigenvalue weighted by molar-refractivity contribution is 1.22. The van der Waals surface area contributed by atoms with Gasteiger partial charge in [0, 0.05) is 11.8 Å². The fraction of sp³-hybridized carbons (Fsp3) is 0.167. The van der Waals surface area contributed by atoms with Crippen molar-refractivity contribution >= 4 is 18.1 Å². The molecule has 0 unspecified atom stereocenters. The molecular weight excluding hydrogens is 114 g/mol. The van der Waals surface area contributed by atoms with Crippen LogP contribution in [0.15, 0.2) is 26.8 Å². The lowest BCUT2D eigenvalue weighted by Gasteiger charge is -1.98. The molecular formula is C6H5N3. The van der Waals surface area contributed by atoms with Crippen molar-refractivity contribution in [1.82, 2.24) is 0 Å². The summed E-state index contributed by atoms with van der Waals surface area (Å²) >= 11 is 0. The molecule has 0 fully saturated rings. The molecule has 0 spiro atoms. The highest BCUT2D eigenvalue weighted by atomic mass is 15.2. The number of hydrogen-bond acceptors (Lipinski definition) is 3. The number of aliphatic imine (C=N–C) groups is 1. The summed E-state index contributed by atoms with van der Waals surface area (Å²) in [6.45, 7) is 0.686. The monoisotopic (exact) mass is 119 g/mol. The van der Waals surface area contributed by atoms with Crippen LogP contribution in [0, 0.1) is 0 Å². The normalized spacial score (nSPS) is 21.3. The van der Waals surface area contributed by atoms with Gasteiger partial charge in [0.15, 0.2) is 0 Å². The molecule has 0 aromatic heterocycles. The molecule has 2 aliphatic rings. The zero-order valence-electron chi connectivity index (χ0n) is 4.78. The Balaban J connectivity index is 2.46. The molecule has 3 nitrogen and oxygen atoms in total. The molecule has 2 heterocycles. The molecule has 0 aromatic rings. The maximum Gasteiger partial charge on any atom is 0.0933 e. The van der Waals surface area contributed by atoms with E-state index in [0.717, 1.165) is 11.3 Å². The number of allylic oxidation sites excluding steroid dienone is 1. The fourth-order valence-electron chi connectivity index (χ4n) is 0.827. The Morgan fingerprint density at radius 1 is 1.44 bits per heavy atom. The van der Waals surface area contributed by atoms with Crippen molar-refractivity contribution in [3.8, 4) is 0 Å². The second-order valence-corrected chi connectivity index (χ2v) is 1.90. The van der Waals surface area contributed by atoms with E-state index in [2.05, 4.69) is 15.2 Å². The summed E-state index contributed by atoms with van der Waals surface area (Å²) in [4.78, 5) is 4.01. The van der Waals surface area contributed by atoms with Crippen molar-refractivity contribution < 1.29 is 0 Å². The van der Waals surface area contributed by atoms with Gasteiger partial charge in [-0.1, -0.05) is 0 Å². The minimum atomic E-state index is 0.686. The topological polar surface area (TPSA) is 37.1 Å². The van der Waals surface area contributed by atoms with Crippen LogP contribution >= 0.6 is 0 Å². The van der Waals surface area contributed by atoms with Crippen LogP contribution in [0.4, 0.5) is 0 Å². The van der Waals surface area contributed by atoms with Gasteiger partial charge in [0.2, 0.25) is 0 Å². The Labute approximate surface area is 52.5 Å². The van der Waals surface area contributed by atoms with Gasteiger partial charge in [-0.2, -0.15) is 10.2 Å². The molecule has 0 atom stereocenters. The summed E-state index contributed by atoms with van der Waals surface area (Å²) in [7, 11) is 0. The molecule has 2 rings (SSSR count). The molecule has 0 aliphatic carbocycles. The summed E-state index contributed by atoms with van der Waals surface area (Å²) in [5.41, 5.74) is 2.09. The fourth-order valence-corrected chi connectivity index (χ4v) is 0.827. The molecule has 2 aliphatic heterocycles. The molecule has 0 N–H and O–H groups in total. The first-order valence-electron chi connectivity index (χ1n) is 2.77. The van der Waals surface area contributed by atoms with Gasteiger partial charge in [-0.15, -0.1) is 0 Å². The third kappa shape index (κ3) is 0.614. The van der Waals surface area contributed by atoms with E-state index in [0.29, 0.717) is 6.54 Å². The summed E-state index contributed by atoms with van der Waals surface area (Å²) in [6.07, 6.45) is 5.45. The van der Waals surface area contributed by atoms with Crippen LogP contribution in [0.25, 0.3) is 0 Å². The number of dihydropyridines is 1. The van der Waals surface area contributed by atoms with E-state index in [4.69, 9.17) is 0 Å². The summed E-state index contributed by atoms with van der Waals surface area (Å²) in [5, 5.41) is 7.60. The maximum atomic E-state index is 4.01. The third-order valence-electron chi connectivity index (χ3n) is 1.31. The van der Waals surface area contributed by atoms with Gasteiger partial charge in [-0.3, -0.25) is 4.99 Å². The zero-order chi connectivity index (χ0) is 6.10. The smallest absolute Gasteiger partial charge is 0.0933 e. The summed E-state index contributed by atoms with van der Waals surface area (Å²) in [6, 6.07) is 0. The van der Waals surface area contributed by atoms with Crippen molar-refractivity contribution in [1.29, 1.82) is 0 Å². The van der Waals surface area contributed by atoms with E-state index in [1.54, 1.807) is 12.4 Å². The van der Waals surface area contributed by atoms with Crippen molar-refractivity contribution in [2.45, 2.75) is 0 Å². The lowest BCUT2D eigenvalue weighted by atomic mass is 10.1. The van der Waals surface area contributed by atoms with Gasteiger partial charge in [0.1, 0.15) is 0 Å². The number of hydrogen-bond donors (Lipinski definition) is 0. The number of rotatable bonds is 0. The van der Waals surface area contributed by atoms with Crippen LogP contribution in [0.5, 0.6) is 0 Å². The van der Waals surface area contributed by atoms with Crippen molar-refractivity contribution in [2.24, 2.45) is 15.2 Å². The first kappa shape index (κ1) is 4.61. The number of nitrogens with zero attached hydrogens (tertiary/aromatic N) is 3. The van der Waals surface area contributed by atoms with Gasteiger partial charge in [0.25, 0.3) is 0 Å². The van der Waals surface area contributed by atoms with Crippen LogP contribution in [0.2, 0.25) is 0 Å². The van der Waals surface area contributed by atoms with Gasteiger partial charge < -0.3 is 0 Å². The Hall–Kier alpha value is -1.25. The predicted molar refractivity (Wildman–Crippen MR) is 37.4 cm³/mol. The largest absolute Gasteiger partial charge is 0.287 e. The average molecular weight is 119 g/mol. The van der Waals surface area contributed by atoms with Crippen LogP contribution < -0.4 is 0 Å². The summed E-state index contributed by atoms with van der Waals surface area (Å²) in [5.74, 6) is 0. The second-order valence-electron chi connectivity index (χ2n) is 1.90. The van der Waals surface area contributed by atoms with Crippen LogP contribution in [0.1, 0.15) is 0 Å². The minimum Gasteiger partial charge on any atom is -0.287 e. The van der Waals surface area contributed by atoms with Gasteiger partial charge in [-0.05, 0) is 6.08 Å². The minimum absolute atomic E-state index is 0.686. The standard InChI is InChI=1S/C6H5N3/c1-2-7-4-6-5(1)3-8-9-6/h1-3H,4H2. The first-order chi connectivity index (χ1) is 4.47. The van der Waals surface area contributed by atoms with Crippen LogP contribution in [-0.2, 0) is 0 Å². The molecule has 3 heteroatoms. The van der Waals surface area contributed by atoms with Crippen molar-refractivity contribution in [2.75, 3.05) is 6.54 Å². The number of fused-ring (bicyclic) bond motifs is 1. The Morgan fingerprint density at radius 2 is 2.44 bits per heavy atom. The molecule has 0 saturated carbocycles. The van der Waals surface area contributed by atoms with E-state index in [1.165, 1.54) is 0 Å². The van der Waals surface area contributed by atoms with E-state index < -0.39 is 0 Å². The van der Waals surface area contributed by atoms with E-state index in [9.17, 15) is 0 Å². The van der Waals surface area contributed by atoms with E-state index in [-0.39, 0.29) is 0 Å². The highest BCUT2D eigenvalue weighted by Gasteiger charge is 2.10. The molecule has 9 heavy (non-hydrogen) atoms. The zero-order valence-corrected chi connectivity index (χ0v) is 4.78. The maximum absolute atomic E-state index is 4.01. The Bertz CT molecular complexity index is 245. The van der Waals surface area contributed by atoms with Crippen LogP contribution in [0.3, 0.4) is 0 Å². The quantitative estimate of drug-likeness (QED) is 0.443. The molecule has 0 aromatic carbocycles. The van der Waals surface area contributed by atoms with Crippen molar-refractivity contribution in [3.63, 3.8) is 0 Å². The Kier molecular flexibility index (Phi) is 0.828. The van der Waals surface area contributed by atoms with E-state index >= 15 is 0 Å². The Morgan fingerprint density at radius 3 is 3.33 bits per heavy atom. The molecule has 44 valence electrons. The summed E-state index contributed by atoms with van der Waals surface area (Å²) < 4.78 is 0. The molecule has 0 bridgehead atoms. The van der Waals surface area contributed by atoms with Crippen LogP contribution in [-0.4, -0.2) is 24.7 Å². The van der Waals surface area contributed by atoms with Crippen molar-refractivity contribution in [3.05, 3.63) is 11.6 Å². The third-order valence-corrected chi connectivity index (χ3v) is 1.31. The molecule has 0 radical (unpaired) electrons. The SMILES string of the molecule is C1=NCC2=NN=CC2=C1. The second kappa shape index (κ2) is 1.62. The van der Waals surface area contributed by atoms with Gasteiger partial charge in [0.05, 0.1) is 18.5 Å². The van der Waals surface area contributed by atoms with Gasteiger partial charge in [-0.25, -0.2) is 0 Å². The highest BCUT2D eigenvalue weighted by molar-refractivity contribution is 6.22. The van der Waals surface area contributed by atoms with Gasteiger partial charge >= 0.3 is 0 Å². The first-order valence-corrected chi connectivity index (χ1v) is 2.77.